The van der Waals surface area contributed by atoms with Crippen molar-refractivity contribution in [3.63, 3.8) is 0 Å². The maximum atomic E-state index is 12.9. The van der Waals surface area contributed by atoms with Crippen molar-refractivity contribution < 1.29 is 19.1 Å². The zero-order chi connectivity index (χ0) is 19.7. The molecular weight excluding hydrogens is 356 g/mol. The molecule has 2 heterocycles. The van der Waals surface area contributed by atoms with E-state index in [4.69, 9.17) is 4.74 Å². The number of rotatable bonds is 5. The predicted octanol–water partition coefficient (Wildman–Crippen LogP) is 3.12. The number of benzene rings is 2. The van der Waals surface area contributed by atoms with Gasteiger partial charge in [0.2, 0.25) is 0 Å². The highest BCUT2D eigenvalue weighted by Gasteiger charge is 2.35. The van der Waals surface area contributed by atoms with E-state index in [2.05, 4.69) is 0 Å². The van der Waals surface area contributed by atoms with Crippen molar-refractivity contribution in [3.05, 3.63) is 64.7 Å². The molecule has 144 valence electrons. The first-order valence-corrected chi connectivity index (χ1v) is 9.60. The molecule has 0 spiro atoms. The average molecular weight is 378 g/mol. The Balaban J connectivity index is 1.62. The van der Waals surface area contributed by atoms with Gasteiger partial charge in [0.25, 0.3) is 17.7 Å². The third-order valence-corrected chi connectivity index (χ3v) is 5.19. The summed E-state index contributed by atoms with van der Waals surface area (Å²) in [5.41, 5.74) is 2.05. The van der Waals surface area contributed by atoms with Crippen LogP contribution in [0.4, 0.5) is 0 Å². The third-order valence-electron chi connectivity index (χ3n) is 5.19. The van der Waals surface area contributed by atoms with Gasteiger partial charge in [-0.25, -0.2) is 0 Å². The van der Waals surface area contributed by atoms with E-state index < -0.39 is 0 Å². The van der Waals surface area contributed by atoms with Gasteiger partial charge in [-0.3, -0.25) is 19.3 Å². The van der Waals surface area contributed by atoms with Gasteiger partial charge < -0.3 is 9.64 Å². The number of hydrogen-bond acceptors (Lipinski definition) is 4. The van der Waals surface area contributed by atoms with E-state index in [0.29, 0.717) is 29.0 Å². The summed E-state index contributed by atoms with van der Waals surface area (Å²) in [5.74, 6) is -0.139. The van der Waals surface area contributed by atoms with Crippen LogP contribution in [0.1, 0.15) is 56.4 Å². The van der Waals surface area contributed by atoms with E-state index in [1.165, 1.54) is 4.90 Å². The summed E-state index contributed by atoms with van der Waals surface area (Å²) >= 11 is 0. The van der Waals surface area contributed by atoms with E-state index in [1.807, 2.05) is 11.8 Å². The van der Waals surface area contributed by atoms with Gasteiger partial charge in [0.15, 0.2) is 0 Å². The largest absolute Gasteiger partial charge is 0.493 e. The minimum absolute atomic E-state index is 0.0647. The minimum atomic E-state index is -0.304. The first-order valence-electron chi connectivity index (χ1n) is 9.60. The SMILES string of the molecule is CCOc1ccc(CN2C(=O)c3ccccc3C2=O)cc1C(=O)N1CCCC1. The molecule has 6 nitrogen and oxygen atoms in total. The van der Waals surface area contributed by atoms with Crippen LogP contribution in [0.3, 0.4) is 0 Å². The molecule has 4 rings (SSSR count). The van der Waals surface area contributed by atoms with E-state index in [0.717, 1.165) is 31.5 Å². The van der Waals surface area contributed by atoms with Crippen LogP contribution in [0.15, 0.2) is 42.5 Å². The molecule has 3 amide bonds. The van der Waals surface area contributed by atoms with Gasteiger partial charge in [0.1, 0.15) is 5.75 Å². The highest BCUT2D eigenvalue weighted by Crippen LogP contribution is 2.28. The van der Waals surface area contributed by atoms with Gasteiger partial charge in [-0.1, -0.05) is 18.2 Å². The summed E-state index contributed by atoms with van der Waals surface area (Å²) in [6.45, 7) is 3.94. The van der Waals surface area contributed by atoms with Gasteiger partial charge >= 0.3 is 0 Å². The number of carbonyl (C=O) groups is 3. The highest BCUT2D eigenvalue weighted by atomic mass is 16.5. The second-order valence-corrected chi connectivity index (χ2v) is 7.00. The Bertz CT molecular complexity index is 912. The van der Waals surface area contributed by atoms with Gasteiger partial charge in [0.05, 0.1) is 29.8 Å². The lowest BCUT2D eigenvalue weighted by atomic mass is 10.1. The number of likely N-dealkylation sites (tertiary alicyclic amines) is 1. The topological polar surface area (TPSA) is 66.9 Å². The van der Waals surface area contributed by atoms with Crippen molar-refractivity contribution >= 4 is 17.7 Å². The van der Waals surface area contributed by atoms with E-state index >= 15 is 0 Å². The fraction of sp³-hybridized carbons (Fsp3) is 0.318. The summed E-state index contributed by atoms with van der Waals surface area (Å²) in [5, 5.41) is 0. The monoisotopic (exact) mass is 378 g/mol. The molecule has 6 heteroatoms. The van der Waals surface area contributed by atoms with Crippen LogP contribution in [0.2, 0.25) is 0 Å². The maximum absolute atomic E-state index is 12.9. The molecule has 0 radical (unpaired) electrons. The van der Waals surface area contributed by atoms with Crippen molar-refractivity contribution in [2.24, 2.45) is 0 Å². The zero-order valence-corrected chi connectivity index (χ0v) is 15.8. The molecule has 0 unspecified atom stereocenters. The Morgan fingerprint density at radius 2 is 1.64 bits per heavy atom. The van der Waals surface area contributed by atoms with Crippen molar-refractivity contribution in [3.8, 4) is 5.75 Å². The van der Waals surface area contributed by atoms with Crippen LogP contribution < -0.4 is 4.74 Å². The predicted molar refractivity (Wildman–Crippen MR) is 103 cm³/mol. The number of ether oxygens (including phenoxy) is 1. The number of nitrogens with zero attached hydrogens (tertiary/aromatic N) is 2. The van der Waals surface area contributed by atoms with Gasteiger partial charge in [-0.2, -0.15) is 0 Å². The molecule has 1 saturated heterocycles. The second-order valence-electron chi connectivity index (χ2n) is 7.00. The molecule has 0 aromatic heterocycles. The smallest absolute Gasteiger partial charge is 0.261 e. The molecule has 28 heavy (non-hydrogen) atoms. The van der Waals surface area contributed by atoms with Crippen molar-refractivity contribution in [2.45, 2.75) is 26.3 Å². The molecular formula is C22H22N2O4. The Morgan fingerprint density at radius 1 is 1.00 bits per heavy atom. The van der Waals surface area contributed by atoms with E-state index in [9.17, 15) is 14.4 Å². The number of amides is 3. The normalized spacial score (nSPS) is 15.9. The summed E-state index contributed by atoms with van der Waals surface area (Å²) in [6, 6.07) is 12.1. The molecule has 1 fully saturated rings. The summed E-state index contributed by atoms with van der Waals surface area (Å²) in [6.07, 6.45) is 2.01. The summed E-state index contributed by atoms with van der Waals surface area (Å²) < 4.78 is 5.64. The van der Waals surface area contributed by atoms with Gasteiger partial charge in [-0.05, 0) is 49.6 Å². The average Bonchev–Trinajstić information content (AvgIpc) is 3.33. The Morgan fingerprint density at radius 3 is 2.25 bits per heavy atom. The number of imide groups is 1. The molecule has 0 aliphatic carbocycles. The van der Waals surface area contributed by atoms with Crippen LogP contribution in [0, 0.1) is 0 Å². The van der Waals surface area contributed by atoms with E-state index in [1.54, 1.807) is 42.5 Å². The van der Waals surface area contributed by atoms with Crippen molar-refractivity contribution in [1.82, 2.24) is 9.80 Å². The maximum Gasteiger partial charge on any atom is 0.261 e. The molecule has 0 N–H and O–H groups in total. The number of fused-ring (bicyclic) bond motifs is 1. The standard InChI is InChI=1S/C22H22N2O4/c1-2-28-19-10-9-15(13-18(19)20(25)23-11-5-6-12-23)14-24-21(26)16-7-3-4-8-17(16)22(24)27/h3-4,7-10,13H,2,5-6,11-12,14H2,1H3. The molecule has 2 aromatic carbocycles. The number of carbonyl (C=O) groups excluding carboxylic acids is 3. The number of hydrogen-bond donors (Lipinski definition) is 0. The van der Waals surface area contributed by atoms with Gasteiger partial charge in [-0.15, -0.1) is 0 Å². The molecule has 2 aromatic rings. The Labute approximate surface area is 163 Å². The first-order chi connectivity index (χ1) is 13.6. The van der Waals surface area contributed by atoms with Crippen LogP contribution in [-0.2, 0) is 6.54 Å². The lowest BCUT2D eigenvalue weighted by Gasteiger charge is -2.20. The van der Waals surface area contributed by atoms with Crippen LogP contribution >= 0.6 is 0 Å². The Kier molecular flexibility index (Phi) is 4.86. The molecule has 2 aliphatic heterocycles. The van der Waals surface area contributed by atoms with Crippen LogP contribution in [0.25, 0.3) is 0 Å². The minimum Gasteiger partial charge on any atom is -0.493 e. The van der Waals surface area contributed by atoms with E-state index in [-0.39, 0.29) is 24.3 Å². The molecule has 2 aliphatic rings. The quantitative estimate of drug-likeness (QED) is 0.750. The van der Waals surface area contributed by atoms with Gasteiger partial charge in [0, 0.05) is 13.1 Å². The lowest BCUT2D eigenvalue weighted by molar-refractivity contribution is 0.0642. The third kappa shape index (κ3) is 3.15. The van der Waals surface area contributed by atoms with Crippen molar-refractivity contribution in [2.75, 3.05) is 19.7 Å². The summed E-state index contributed by atoms with van der Waals surface area (Å²) in [4.78, 5) is 41.2. The van der Waals surface area contributed by atoms with Crippen LogP contribution in [-0.4, -0.2) is 47.2 Å². The molecule has 0 bridgehead atoms. The van der Waals surface area contributed by atoms with Crippen LogP contribution in [0.5, 0.6) is 5.75 Å². The second kappa shape index (κ2) is 7.46. The first kappa shape index (κ1) is 18.2. The fourth-order valence-corrected chi connectivity index (χ4v) is 3.78. The lowest BCUT2D eigenvalue weighted by Crippen LogP contribution is -2.30. The molecule has 0 atom stereocenters. The highest BCUT2D eigenvalue weighted by molar-refractivity contribution is 6.21. The summed E-state index contributed by atoms with van der Waals surface area (Å²) in [7, 11) is 0. The van der Waals surface area contributed by atoms with Crippen molar-refractivity contribution in [1.29, 1.82) is 0 Å². The fourth-order valence-electron chi connectivity index (χ4n) is 3.78. The molecule has 0 saturated carbocycles. The Hall–Kier alpha value is -3.15. The zero-order valence-electron chi connectivity index (χ0n) is 15.8.